The summed E-state index contributed by atoms with van der Waals surface area (Å²) in [4.78, 5) is 12.8. The van der Waals surface area contributed by atoms with E-state index in [0.717, 1.165) is 18.9 Å². The van der Waals surface area contributed by atoms with E-state index in [1.807, 2.05) is 4.90 Å². The lowest BCUT2D eigenvalue weighted by molar-refractivity contribution is -0.139. The van der Waals surface area contributed by atoms with Crippen molar-refractivity contribution in [2.24, 2.45) is 5.92 Å². The van der Waals surface area contributed by atoms with Crippen molar-refractivity contribution in [2.45, 2.75) is 19.0 Å². The Morgan fingerprint density at radius 2 is 1.85 bits per heavy atom. The molecule has 6 nitrogen and oxygen atoms in total. The maximum Gasteiger partial charge on any atom is 0.419 e. The molecular formula is C18H18F3N3O3. The molecule has 0 unspecified atom stereocenters. The van der Waals surface area contributed by atoms with Gasteiger partial charge in [0.25, 0.3) is 0 Å². The van der Waals surface area contributed by atoms with Crippen LogP contribution in [-0.4, -0.2) is 41.0 Å². The van der Waals surface area contributed by atoms with Crippen molar-refractivity contribution in [2.75, 3.05) is 24.6 Å². The first-order valence-electron chi connectivity index (χ1n) is 8.45. The lowest BCUT2D eigenvalue weighted by Gasteiger charge is -2.32. The van der Waals surface area contributed by atoms with E-state index in [9.17, 15) is 18.0 Å². The van der Waals surface area contributed by atoms with Crippen molar-refractivity contribution in [3.63, 3.8) is 0 Å². The van der Waals surface area contributed by atoms with Gasteiger partial charge in [-0.15, -0.1) is 10.2 Å². The largest absolute Gasteiger partial charge is 0.493 e. The summed E-state index contributed by atoms with van der Waals surface area (Å²) in [6.07, 6.45) is -2.98. The van der Waals surface area contributed by atoms with E-state index >= 15 is 0 Å². The van der Waals surface area contributed by atoms with Crippen LogP contribution in [0.15, 0.2) is 36.4 Å². The van der Waals surface area contributed by atoms with Gasteiger partial charge in [0.2, 0.25) is 0 Å². The van der Waals surface area contributed by atoms with Crippen LogP contribution < -0.4 is 9.64 Å². The zero-order valence-electron chi connectivity index (χ0n) is 14.3. The third-order valence-electron chi connectivity index (χ3n) is 4.48. The second kappa shape index (κ2) is 7.81. The van der Waals surface area contributed by atoms with E-state index in [2.05, 4.69) is 10.2 Å². The summed E-state index contributed by atoms with van der Waals surface area (Å²) >= 11 is 0. The number of rotatable bonds is 5. The maximum absolute atomic E-state index is 13.0. The molecular weight excluding hydrogens is 363 g/mol. The molecule has 0 atom stereocenters. The highest BCUT2D eigenvalue weighted by atomic mass is 19.4. The Morgan fingerprint density at radius 3 is 2.44 bits per heavy atom. The third kappa shape index (κ3) is 4.66. The van der Waals surface area contributed by atoms with E-state index in [4.69, 9.17) is 9.84 Å². The molecule has 0 amide bonds. The number of piperidine rings is 1. The number of hydrogen-bond acceptors (Lipinski definition) is 5. The van der Waals surface area contributed by atoms with Gasteiger partial charge in [0.15, 0.2) is 11.5 Å². The minimum atomic E-state index is -4.44. The van der Waals surface area contributed by atoms with Gasteiger partial charge in [-0.1, -0.05) is 12.1 Å². The van der Waals surface area contributed by atoms with Crippen molar-refractivity contribution < 1.29 is 27.8 Å². The van der Waals surface area contributed by atoms with Crippen LogP contribution in [0.1, 0.15) is 28.9 Å². The first-order chi connectivity index (χ1) is 12.8. The zero-order valence-corrected chi connectivity index (χ0v) is 14.3. The Balaban J connectivity index is 1.54. The van der Waals surface area contributed by atoms with Gasteiger partial charge >= 0.3 is 12.1 Å². The van der Waals surface area contributed by atoms with Crippen molar-refractivity contribution >= 4 is 11.8 Å². The smallest absolute Gasteiger partial charge is 0.419 e. The predicted molar refractivity (Wildman–Crippen MR) is 90.9 cm³/mol. The second-order valence-electron chi connectivity index (χ2n) is 6.32. The maximum atomic E-state index is 13.0. The zero-order chi connectivity index (χ0) is 19.4. The molecule has 3 rings (SSSR count). The highest BCUT2D eigenvalue weighted by molar-refractivity contribution is 5.85. The molecule has 2 heterocycles. The van der Waals surface area contributed by atoms with E-state index in [-0.39, 0.29) is 24.0 Å². The molecule has 2 aromatic rings. The fourth-order valence-electron chi connectivity index (χ4n) is 2.97. The van der Waals surface area contributed by atoms with E-state index < -0.39 is 17.7 Å². The quantitative estimate of drug-likeness (QED) is 0.855. The van der Waals surface area contributed by atoms with Gasteiger partial charge in [-0.2, -0.15) is 13.2 Å². The normalized spacial score (nSPS) is 15.6. The molecule has 1 aromatic heterocycles. The molecule has 9 heteroatoms. The molecule has 1 saturated heterocycles. The first-order valence-corrected chi connectivity index (χ1v) is 8.45. The van der Waals surface area contributed by atoms with Crippen LogP contribution in [0.2, 0.25) is 0 Å². The number of aromatic nitrogens is 2. The number of carbonyl (C=O) groups is 1. The Hall–Kier alpha value is -2.84. The first kappa shape index (κ1) is 18.9. The van der Waals surface area contributed by atoms with Crippen molar-refractivity contribution in [3.8, 4) is 5.75 Å². The van der Waals surface area contributed by atoms with Gasteiger partial charge in [-0.05, 0) is 43.0 Å². The number of para-hydroxylation sites is 1. The number of benzene rings is 1. The molecule has 0 bridgehead atoms. The van der Waals surface area contributed by atoms with Crippen LogP contribution in [0.4, 0.5) is 19.0 Å². The molecule has 1 aromatic carbocycles. The Kier molecular flexibility index (Phi) is 5.48. The van der Waals surface area contributed by atoms with Gasteiger partial charge in [0, 0.05) is 13.1 Å². The summed E-state index contributed by atoms with van der Waals surface area (Å²) in [5, 5.41) is 16.4. The van der Waals surface area contributed by atoms with Crippen LogP contribution in [0.5, 0.6) is 5.75 Å². The molecule has 0 spiro atoms. The van der Waals surface area contributed by atoms with Gasteiger partial charge in [0.05, 0.1) is 12.2 Å². The molecule has 0 aliphatic carbocycles. The lowest BCUT2D eigenvalue weighted by atomic mass is 9.98. The van der Waals surface area contributed by atoms with Crippen LogP contribution in [0.3, 0.4) is 0 Å². The summed E-state index contributed by atoms with van der Waals surface area (Å²) in [6.45, 7) is 1.51. The lowest BCUT2D eigenvalue weighted by Crippen LogP contribution is -2.36. The van der Waals surface area contributed by atoms with Crippen molar-refractivity contribution in [3.05, 3.63) is 47.7 Å². The van der Waals surface area contributed by atoms with E-state index in [1.54, 1.807) is 6.07 Å². The number of aromatic carboxylic acids is 1. The number of carboxylic acid groups (broad SMARTS) is 1. The second-order valence-corrected chi connectivity index (χ2v) is 6.32. The Morgan fingerprint density at radius 1 is 1.15 bits per heavy atom. The minimum Gasteiger partial charge on any atom is -0.493 e. The Bertz CT molecular complexity index is 788. The van der Waals surface area contributed by atoms with Gasteiger partial charge in [0.1, 0.15) is 5.75 Å². The fraction of sp³-hybridized carbons (Fsp3) is 0.389. The fourth-order valence-corrected chi connectivity index (χ4v) is 2.97. The number of nitrogens with zero attached hydrogens (tertiary/aromatic N) is 3. The molecule has 1 aliphatic rings. The van der Waals surface area contributed by atoms with Crippen LogP contribution in [0.25, 0.3) is 0 Å². The number of halogens is 3. The van der Waals surface area contributed by atoms with Gasteiger partial charge in [-0.3, -0.25) is 0 Å². The summed E-state index contributed by atoms with van der Waals surface area (Å²) in [5.74, 6) is -0.567. The highest BCUT2D eigenvalue weighted by Gasteiger charge is 2.34. The molecule has 27 heavy (non-hydrogen) atoms. The van der Waals surface area contributed by atoms with Crippen molar-refractivity contribution in [1.29, 1.82) is 0 Å². The summed E-state index contributed by atoms with van der Waals surface area (Å²) in [5.41, 5.74) is -0.887. The van der Waals surface area contributed by atoms with Crippen LogP contribution in [0, 0.1) is 5.92 Å². The summed E-state index contributed by atoms with van der Waals surface area (Å²) < 4.78 is 44.4. The topological polar surface area (TPSA) is 75.5 Å². The predicted octanol–water partition coefficient (Wildman–Crippen LogP) is 3.49. The van der Waals surface area contributed by atoms with E-state index in [0.29, 0.717) is 18.9 Å². The van der Waals surface area contributed by atoms with Crippen LogP contribution in [-0.2, 0) is 6.18 Å². The highest BCUT2D eigenvalue weighted by Crippen LogP contribution is 2.36. The standard InChI is InChI=1S/C18H18F3N3O3/c19-18(20,21)13-3-1-2-4-15(13)27-11-12-7-9-24(10-8-12)16-6-5-14(17(25)26)22-23-16/h1-6,12H,7-11H2,(H,25,26). The number of carboxylic acids is 1. The van der Waals surface area contributed by atoms with Crippen molar-refractivity contribution in [1.82, 2.24) is 10.2 Å². The molecule has 1 aliphatic heterocycles. The minimum absolute atomic E-state index is 0.120. The molecule has 1 fully saturated rings. The number of hydrogen-bond donors (Lipinski definition) is 1. The molecule has 144 valence electrons. The summed E-state index contributed by atoms with van der Waals surface area (Å²) in [7, 11) is 0. The number of anilines is 1. The van der Waals surface area contributed by atoms with Gasteiger partial charge < -0.3 is 14.7 Å². The Labute approximate surface area is 153 Å². The number of ether oxygens (including phenoxy) is 1. The average molecular weight is 381 g/mol. The molecule has 0 saturated carbocycles. The third-order valence-corrected chi connectivity index (χ3v) is 4.48. The van der Waals surface area contributed by atoms with Gasteiger partial charge in [-0.25, -0.2) is 4.79 Å². The molecule has 1 N–H and O–H groups in total. The summed E-state index contributed by atoms with van der Waals surface area (Å²) in [6, 6.07) is 8.20. The average Bonchev–Trinajstić information content (AvgIpc) is 2.66. The number of alkyl halides is 3. The molecule has 0 radical (unpaired) electrons. The monoisotopic (exact) mass is 381 g/mol. The SMILES string of the molecule is O=C(O)c1ccc(N2CCC(COc3ccccc3C(F)(F)F)CC2)nn1. The van der Waals surface area contributed by atoms with Crippen LogP contribution >= 0.6 is 0 Å². The van der Waals surface area contributed by atoms with E-state index in [1.165, 1.54) is 24.3 Å².